The minimum atomic E-state index is -2.49. The van der Waals surface area contributed by atoms with E-state index in [0.717, 1.165) is 0 Å². The van der Waals surface area contributed by atoms with Crippen LogP contribution in [0.2, 0.25) is 0 Å². The maximum Gasteiger partial charge on any atom is 0.256 e. The van der Waals surface area contributed by atoms with Crippen molar-refractivity contribution >= 4 is 12.2 Å². The summed E-state index contributed by atoms with van der Waals surface area (Å²) >= 11 is 4.83. The second kappa shape index (κ2) is 3.89. The number of rotatable bonds is 3. The Morgan fingerprint density at radius 1 is 1.60 bits per heavy atom. The number of alkyl halides is 2. The number of nitrogens with one attached hydrogen (secondary N) is 1. The fourth-order valence-electron chi connectivity index (χ4n) is 1.16. The highest BCUT2D eigenvalue weighted by Gasteiger charge is 2.14. The van der Waals surface area contributed by atoms with Crippen molar-refractivity contribution in [1.82, 2.24) is 19.9 Å². The standard InChI is InChI=1S/C7H6F2N4OS/c8-5(9)2-13-6(11-12-7(13)15)4-1-10-14-3-4/h1,3,5H,2H2,(H,12,15). The first-order valence-corrected chi connectivity index (χ1v) is 4.42. The average Bonchev–Trinajstić information content (AvgIpc) is 2.76. The van der Waals surface area contributed by atoms with Crippen molar-refractivity contribution in [1.29, 1.82) is 0 Å². The maximum absolute atomic E-state index is 12.3. The van der Waals surface area contributed by atoms with Crippen LogP contribution in [-0.2, 0) is 6.54 Å². The lowest BCUT2D eigenvalue weighted by molar-refractivity contribution is 0.126. The molecule has 0 aliphatic rings. The van der Waals surface area contributed by atoms with Gasteiger partial charge < -0.3 is 4.52 Å². The summed E-state index contributed by atoms with van der Waals surface area (Å²) in [7, 11) is 0. The lowest BCUT2D eigenvalue weighted by atomic mass is 10.3. The molecule has 0 aromatic carbocycles. The van der Waals surface area contributed by atoms with E-state index >= 15 is 0 Å². The molecule has 0 saturated heterocycles. The quantitative estimate of drug-likeness (QED) is 0.820. The fourth-order valence-corrected chi connectivity index (χ4v) is 1.37. The minimum Gasteiger partial charge on any atom is -0.364 e. The first-order chi connectivity index (χ1) is 7.18. The van der Waals surface area contributed by atoms with E-state index in [1.165, 1.54) is 17.0 Å². The summed E-state index contributed by atoms with van der Waals surface area (Å²) in [5, 5.41) is 9.73. The fraction of sp³-hybridized carbons (Fsp3) is 0.286. The largest absolute Gasteiger partial charge is 0.364 e. The van der Waals surface area contributed by atoms with E-state index in [1.807, 2.05) is 0 Å². The first kappa shape index (κ1) is 9.97. The molecule has 0 aliphatic heterocycles. The summed E-state index contributed by atoms with van der Waals surface area (Å²) in [5.74, 6) is 0.293. The zero-order valence-corrected chi connectivity index (χ0v) is 8.17. The second-order valence-electron chi connectivity index (χ2n) is 2.77. The van der Waals surface area contributed by atoms with Gasteiger partial charge >= 0.3 is 0 Å². The molecular weight excluding hydrogens is 226 g/mol. The van der Waals surface area contributed by atoms with Crippen LogP contribution in [-0.4, -0.2) is 26.3 Å². The van der Waals surface area contributed by atoms with Gasteiger partial charge in [-0.25, -0.2) is 8.78 Å². The Bertz CT molecular complexity index is 489. The van der Waals surface area contributed by atoms with Crippen LogP contribution in [0.15, 0.2) is 17.0 Å². The normalized spacial score (nSPS) is 11.1. The number of nitrogens with zero attached hydrogens (tertiary/aromatic N) is 3. The third kappa shape index (κ3) is 1.94. The molecule has 0 aliphatic carbocycles. The molecule has 80 valence electrons. The van der Waals surface area contributed by atoms with E-state index in [1.54, 1.807) is 0 Å². The molecule has 1 N–H and O–H groups in total. The van der Waals surface area contributed by atoms with Gasteiger partial charge in [0.15, 0.2) is 10.6 Å². The monoisotopic (exact) mass is 232 g/mol. The Morgan fingerprint density at radius 3 is 3.00 bits per heavy atom. The van der Waals surface area contributed by atoms with Crippen molar-refractivity contribution in [3.63, 3.8) is 0 Å². The summed E-state index contributed by atoms with van der Waals surface area (Å²) in [5.41, 5.74) is 0.503. The topological polar surface area (TPSA) is 59.6 Å². The zero-order valence-electron chi connectivity index (χ0n) is 7.35. The molecule has 0 fully saturated rings. The van der Waals surface area contributed by atoms with Gasteiger partial charge in [-0.3, -0.25) is 9.67 Å². The van der Waals surface area contributed by atoms with E-state index < -0.39 is 13.0 Å². The Hall–Kier alpha value is -1.57. The number of hydrogen-bond donors (Lipinski definition) is 1. The summed E-state index contributed by atoms with van der Waals surface area (Å²) < 4.78 is 30.4. The molecule has 2 aromatic heterocycles. The van der Waals surface area contributed by atoms with Crippen molar-refractivity contribution in [2.45, 2.75) is 13.0 Å². The Labute approximate surface area is 87.7 Å². The summed E-state index contributed by atoms with van der Waals surface area (Å²) in [6.07, 6.45) is 0.202. The molecule has 0 saturated carbocycles. The van der Waals surface area contributed by atoms with Gasteiger partial charge in [-0.1, -0.05) is 5.16 Å². The molecule has 2 rings (SSSR count). The molecule has 15 heavy (non-hydrogen) atoms. The van der Waals surface area contributed by atoms with Crippen LogP contribution in [0.4, 0.5) is 8.78 Å². The number of hydrogen-bond acceptors (Lipinski definition) is 4. The van der Waals surface area contributed by atoms with E-state index in [4.69, 9.17) is 12.2 Å². The lowest BCUT2D eigenvalue weighted by Gasteiger charge is -2.02. The summed E-state index contributed by atoms with van der Waals surface area (Å²) in [4.78, 5) is 0. The van der Waals surface area contributed by atoms with Crippen LogP contribution >= 0.6 is 12.2 Å². The van der Waals surface area contributed by atoms with Gasteiger partial charge in [-0.15, -0.1) is 0 Å². The first-order valence-electron chi connectivity index (χ1n) is 4.01. The maximum atomic E-state index is 12.3. The van der Waals surface area contributed by atoms with Gasteiger partial charge in [0.25, 0.3) is 6.43 Å². The molecule has 0 bridgehead atoms. The zero-order chi connectivity index (χ0) is 10.8. The second-order valence-corrected chi connectivity index (χ2v) is 3.15. The van der Waals surface area contributed by atoms with Crippen LogP contribution in [0.1, 0.15) is 0 Å². The van der Waals surface area contributed by atoms with Gasteiger partial charge in [0.1, 0.15) is 6.26 Å². The van der Waals surface area contributed by atoms with Crippen LogP contribution in [0.25, 0.3) is 11.4 Å². The molecule has 2 heterocycles. The van der Waals surface area contributed by atoms with Crippen molar-refractivity contribution < 1.29 is 13.3 Å². The predicted molar refractivity (Wildman–Crippen MR) is 48.9 cm³/mol. The Morgan fingerprint density at radius 2 is 2.40 bits per heavy atom. The average molecular weight is 232 g/mol. The van der Waals surface area contributed by atoms with Gasteiger partial charge in [0, 0.05) is 0 Å². The van der Waals surface area contributed by atoms with E-state index in [2.05, 4.69) is 19.9 Å². The Balaban J connectivity index is 2.45. The number of aromatic nitrogens is 4. The molecule has 2 aromatic rings. The number of halogens is 2. The summed E-state index contributed by atoms with van der Waals surface area (Å²) in [6, 6.07) is 0. The number of H-pyrrole nitrogens is 1. The Kier molecular flexibility index (Phi) is 2.58. The third-order valence-corrected chi connectivity index (χ3v) is 2.08. The van der Waals surface area contributed by atoms with E-state index in [-0.39, 0.29) is 4.77 Å². The predicted octanol–water partition coefficient (Wildman–Crippen LogP) is 1.86. The van der Waals surface area contributed by atoms with Gasteiger partial charge in [-0.2, -0.15) is 5.10 Å². The SMILES string of the molecule is FC(F)Cn1c(-c2cnoc2)n[nH]c1=S. The summed E-state index contributed by atoms with van der Waals surface area (Å²) in [6.45, 7) is -0.504. The van der Waals surface area contributed by atoms with Crippen molar-refractivity contribution in [2.24, 2.45) is 0 Å². The third-order valence-electron chi connectivity index (χ3n) is 1.77. The highest BCUT2D eigenvalue weighted by Crippen LogP contribution is 2.17. The van der Waals surface area contributed by atoms with Crippen molar-refractivity contribution in [3.05, 3.63) is 17.2 Å². The molecule has 0 unspecified atom stereocenters. The molecule has 8 heteroatoms. The molecule has 0 spiro atoms. The van der Waals surface area contributed by atoms with Gasteiger partial charge in [-0.05, 0) is 12.2 Å². The van der Waals surface area contributed by atoms with Crippen LogP contribution in [0.5, 0.6) is 0 Å². The molecule has 0 radical (unpaired) electrons. The van der Waals surface area contributed by atoms with Crippen LogP contribution in [0, 0.1) is 4.77 Å². The van der Waals surface area contributed by atoms with Gasteiger partial charge in [0.2, 0.25) is 0 Å². The van der Waals surface area contributed by atoms with Gasteiger partial charge in [0.05, 0.1) is 18.3 Å². The smallest absolute Gasteiger partial charge is 0.256 e. The minimum absolute atomic E-state index is 0.145. The van der Waals surface area contributed by atoms with Crippen LogP contribution in [0.3, 0.4) is 0 Å². The highest BCUT2D eigenvalue weighted by molar-refractivity contribution is 7.71. The molecular formula is C7H6F2N4OS. The van der Waals surface area contributed by atoms with Crippen LogP contribution < -0.4 is 0 Å². The molecule has 0 atom stereocenters. The lowest BCUT2D eigenvalue weighted by Crippen LogP contribution is -2.08. The van der Waals surface area contributed by atoms with Crippen molar-refractivity contribution in [2.75, 3.05) is 0 Å². The van der Waals surface area contributed by atoms with E-state index in [9.17, 15) is 8.78 Å². The molecule has 0 amide bonds. The molecule has 5 nitrogen and oxygen atoms in total. The highest BCUT2D eigenvalue weighted by atomic mass is 32.1. The van der Waals surface area contributed by atoms with E-state index in [0.29, 0.717) is 11.4 Å². The number of aromatic amines is 1. The van der Waals surface area contributed by atoms with Crippen molar-refractivity contribution in [3.8, 4) is 11.4 Å².